The van der Waals surface area contributed by atoms with Gasteiger partial charge in [-0.2, -0.15) is 4.98 Å². The van der Waals surface area contributed by atoms with Crippen molar-refractivity contribution in [2.45, 2.75) is 39.0 Å². The van der Waals surface area contributed by atoms with Crippen molar-refractivity contribution < 1.29 is 14.1 Å². The van der Waals surface area contributed by atoms with Crippen molar-refractivity contribution in [3.05, 3.63) is 65.0 Å². The average molecular weight is 496 g/mol. The number of benzene rings is 2. The molecule has 1 fully saturated rings. The van der Waals surface area contributed by atoms with Crippen LogP contribution in [0.3, 0.4) is 0 Å². The number of aromatic nitrogens is 2. The lowest BCUT2D eigenvalue weighted by Crippen LogP contribution is -2.39. The van der Waals surface area contributed by atoms with Gasteiger partial charge in [-0.05, 0) is 36.1 Å². The second-order valence-electron chi connectivity index (χ2n) is 8.95. The number of nitrogens with one attached hydrogen (secondary N) is 1. The Morgan fingerprint density at radius 1 is 1.06 bits per heavy atom. The molecule has 35 heavy (non-hydrogen) atoms. The number of hydrogen-bond donors (Lipinski definition) is 1. The molecule has 0 aliphatic carbocycles. The van der Waals surface area contributed by atoms with E-state index in [1.54, 1.807) is 34.1 Å². The van der Waals surface area contributed by atoms with E-state index >= 15 is 0 Å². The van der Waals surface area contributed by atoms with Crippen LogP contribution in [-0.2, 0) is 11.2 Å². The third-order valence-electron chi connectivity index (χ3n) is 6.07. The van der Waals surface area contributed by atoms with Crippen molar-refractivity contribution >= 4 is 29.2 Å². The highest BCUT2D eigenvalue weighted by molar-refractivity contribution is 6.30. The normalized spacial score (nSPS) is 14.2. The number of urea groups is 1. The van der Waals surface area contributed by atoms with Crippen molar-refractivity contribution in [1.82, 2.24) is 19.9 Å². The molecule has 3 aromatic rings. The molecule has 3 amide bonds. The van der Waals surface area contributed by atoms with E-state index in [9.17, 15) is 9.59 Å². The van der Waals surface area contributed by atoms with Gasteiger partial charge >= 0.3 is 6.03 Å². The van der Waals surface area contributed by atoms with Gasteiger partial charge in [-0.25, -0.2) is 4.79 Å². The van der Waals surface area contributed by atoms with Crippen LogP contribution in [0.15, 0.2) is 53.1 Å². The first-order chi connectivity index (χ1) is 16.9. The number of nitrogens with zero attached hydrogens (tertiary/aromatic N) is 4. The predicted octanol–water partition coefficient (Wildman–Crippen LogP) is 5.21. The maximum atomic E-state index is 12.8. The Labute approximate surface area is 210 Å². The summed E-state index contributed by atoms with van der Waals surface area (Å²) < 4.78 is 5.37. The molecule has 0 bridgehead atoms. The second kappa shape index (κ2) is 11.4. The summed E-state index contributed by atoms with van der Waals surface area (Å²) in [7, 11) is 0. The molecule has 1 aromatic heterocycles. The fraction of sp³-hybridized carbons (Fsp3) is 0.385. The fourth-order valence-corrected chi connectivity index (χ4v) is 4.19. The van der Waals surface area contributed by atoms with Crippen LogP contribution >= 0.6 is 11.6 Å². The van der Waals surface area contributed by atoms with Crippen molar-refractivity contribution in [3.8, 4) is 11.4 Å². The highest BCUT2D eigenvalue weighted by Crippen LogP contribution is 2.21. The molecule has 0 saturated carbocycles. The summed E-state index contributed by atoms with van der Waals surface area (Å²) in [5.74, 6) is 1.44. The molecule has 1 saturated heterocycles. The van der Waals surface area contributed by atoms with E-state index in [1.807, 2.05) is 12.1 Å². The van der Waals surface area contributed by atoms with Crippen molar-refractivity contribution in [1.29, 1.82) is 0 Å². The summed E-state index contributed by atoms with van der Waals surface area (Å²) in [5.41, 5.74) is 2.79. The fourth-order valence-electron chi connectivity index (χ4n) is 4.00. The van der Waals surface area contributed by atoms with Crippen LogP contribution in [0.2, 0.25) is 5.02 Å². The van der Waals surface area contributed by atoms with Gasteiger partial charge in [-0.3, -0.25) is 4.79 Å². The molecule has 9 heteroatoms. The summed E-state index contributed by atoms with van der Waals surface area (Å²) in [5, 5.41) is 7.49. The molecule has 1 N–H and O–H groups in total. The SMILES string of the molecule is CC(C)c1ccc(-c2noc(CCC(=O)N3CCCN(C(=O)Nc4cccc(Cl)c4)CC3)n2)cc1. The van der Waals surface area contributed by atoms with Gasteiger partial charge < -0.3 is 19.6 Å². The third-order valence-corrected chi connectivity index (χ3v) is 6.30. The Hall–Kier alpha value is -3.39. The molecule has 2 heterocycles. The van der Waals surface area contributed by atoms with E-state index in [0.29, 0.717) is 67.4 Å². The topological polar surface area (TPSA) is 91.6 Å². The van der Waals surface area contributed by atoms with Crippen molar-refractivity contribution in [3.63, 3.8) is 0 Å². The number of anilines is 1. The molecule has 4 rings (SSSR count). The quantitative estimate of drug-likeness (QED) is 0.506. The zero-order chi connectivity index (χ0) is 24.8. The summed E-state index contributed by atoms with van der Waals surface area (Å²) in [6.07, 6.45) is 1.37. The van der Waals surface area contributed by atoms with Crippen molar-refractivity contribution in [2.75, 3.05) is 31.5 Å². The van der Waals surface area contributed by atoms with Gasteiger partial charge in [0, 0.05) is 55.3 Å². The van der Waals surface area contributed by atoms with Gasteiger partial charge in [0.1, 0.15) is 0 Å². The predicted molar refractivity (Wildman–Crippen MR) is 135 cm³/mol. The minimum atomic E-state index is -0.193. The molecule has 0 atom stereocenters. The summed E-state index contributed by atoms with van der Waals surface area (Å²) >= 11 is 5.99. The van der Waals surface area contributed by atoms with E-state index in [1.165, 1.54) is 5.56 Å². The minimum Gasteiger partial charge on any atom is -0.341 e. The zero-order valence-electron chi connectivity index (χ0n) is 20.0. The number of halogens is 1. The lowest BCUT2D eigenvalue weighted by Gasteiger charge is -2.22. The number of hydrogen-bond acceptors (Lipinski definition) is 5. The van der Waals surface area contributed by atoms with Crippen LogP contribution in [0.5, 0.6) is 0 Å². The maximum Gasteiger partial charge on any atom is 0.321 e. The van der Waals surface area contributed by atoms with Crippen molar-refractivity contribution in [2.24, 2.45) is 0 Å². The molecular formula is C26H30ClN5O3. The summed E-state index contributed by atoms with van der Waals surface area (Å²) in [6, 6.07) is 15.0. The minimum absolute atomic E-state index is 0.0168. The highest BCUT2D eigenvalue weighted by Gasteiger charge is 2.22. The molecule has 1 aliphatic rings. The van der Waals surface area contributed by atoms with E-state index in [0.717, 1.165) is 5.56 Å². The number of carbonyl (C=O) groups excluding carboxylic acids is 2. The molecule has 2 aromatic carbocycles. The second-order valence-corrected chi connectivity index (χ2v) is 9.39. The molecule has 184 valence electrons. The van der Waals surface area contributed by atoms with Gasteiger partial charge in [0.25, 0.3) is 0 Å². The molecule has 0 unspecified atom stereocenters. The third kappa shape index (κ3) is 6.60. The molecule has 8 nitrogen and oxygen atoms in total. The van der Waals surface area contributed by atoms with Crippen LogP contribution in [-0.4, -0.2) is 58.1 Å². The van der Waals surface area contributed by atoms with Crippen LogP contribution in [0.25, 0.3) is 11.4 Å². The Morgan fingerprint density at radius 2 is 1.80 bits per heavy atom. The number of aryl methyl sites for hydroxylation is 1. The maximum absolute atomic E-state index is 12.8. The van der Waals surface area contributed by atoms with Crippen LogP contribution in [0.4, 0.5) is 10.5 Å². The Balaban J connectivity index is 1.26. The summed E-state index contributed by atoms with van der Waals surface area (Å²) in [6.45, 7) is 6.44. The smallest absolute Gasteiger partial charge is 0.321 e. The van der Waals surface area contributed by atoms with Crippen LogP contribution < -0.4 is 5.32 Å². The van der Waals surface area contributed by atoms with Gasteiger partial charge in [-0.1, -0.05) is 60.9 Å². The van der Waals surface area contributed by atoms with Gasteiger partial charge in [0.05, 0.1) is 0 Å². The monoisotopic (exact) mass is 495 g/mol. The van der Waals surface area contributed by atoms with E-state index in [2.05, 4.69) is 41.4 Å². The highest BCUT2D eigenvalue weighted by atomic mass is 35.5. The van der Waals surface area contributed by atoms with E-state index in [-0.39, 0.29) is 18.4 Å². The molecule has 0 radical (unpaired) electrons. The Bertz CT molecular complexity index is 1160. The van der Waals surface area contributed by atoms with E-state index < -0.39 is 0 Å². The standard InChI is InChI=1S/C26H30ClN5O3/c1-18(2)19-7-9-20(10-8-19)25-29-23(35-30-25)11-12-24(33)31-13-4-14-32(16-15-31)26(34)28-22-6-3-5-21(27)17-22/h3,5-10,17-18H,4,11-16H2,1-2H3,(H,28,34). The lowest BCUT2D eigenvalue weighted by molar-refractivity contribution is -0.131. The molecule has 1 aliphatic heterocycles. The van der Waals surface area contributed by atoms with E-state index in [4.69, 9.17) is 16.1 Å². The average Bonchev–Trinajstić information content (AvgIpc) is 3.18. The number of amides is 3. The largest absolute Gasteiger partial charge is 0.341 e. The first kappa shape index (κ1) is 24.7. The zero-order valence-corrected chi connectivity index (χ0v) is 20.8. The van der Waals surface area contributed by atoms with Gasteiger partial charge in [0.2, 0.25) is 17.6 Å². The van der Waals surface area contributed by atoms with Crippen LogP contribution in [0, 0.1) is 0 Å². The summed E-state index contributed by atoms with van der Waals surface area (Å²) in [4.78, 5) is 33.4. The van der Waals surface area contributed by atoms with Crippen LogP contribution in [0.1, 0.15) is 44.1 Å². The molecule has 0 spiro atoms. The van der Waals surface area contributed by atoms with Gasteiger partial charge in [-0.15, -0.1) is 0 Å². The number of rotatable bonds is 6. The number of carbonyl (C=O) groups is 2. The lowest BCUT2D eigenvalue weighted by atomic mass is 10.0. The Kier molecular flexibility index (Phi) is 8.02. The van der Waals surface area contributed by atoms with Gasteiger partial charge in [0.15, 0.2) is 0 Å². The molecular weight excluding hydrogens is 466 g/mol. The Morgan fingerprint density at radius 3 is 2.54 bits per heavy atom. The first-order valence-corrected chi connectivity index (χ1v) is 12.3. The first-order valence-electron chi connectivity index (χ1n) is 11.9.